The van der Waals surface area contributed by atoms with Gasteiger partial charge in [-0.15, -0.1) is 0 Å². The van der Waals surface area contributed by atoms with E-state index in [1.807, 2.05) is 78.9 Å². The molecule has 0 spiro atoms. The molecule has 158 valence electrons. The predicted octanol–water partition coefficient (Wildman–Crippen LogP) is 7.41. The molecule has 0 aromatic heterocycles. The van der Waals surface area contributed by atoms with E-state index in [1.165, 1.54) is 0 Å². The van der Waals surface area contributed by atoms with Crippen LogP contribution in [-0.4, -0.2) is 11.6 Å². The first-order chi connectivity index (χ1) is 16.1. The zero-order valence-corrected chi connectivity index (χ0v) is 18.4. The Morgan fingerprint density at radius 3 is 1.82 bits per heavy atom. The molecule has 1 aliphatic carbocycles. The number of Topliss-reactive ketones (excluding diaryl/α,β-unsaturated/α-hetero) is 2. The minimum absolute atomic E-state index is 0.122. The summed E-state index contributed by atoms with van der Waals surface area (Å²) in [5.74, 6) is -0.268. The third-order valence-corrected chi connectivity index (χ3v) is 5.98. The van der Waals surface area contributed by atoms with Gasteiger partial charge in [0.1, 0.15) is 0 Å². The summed E-state index contributed by atoms with van der Waals surface area (Å²) >= 11 is 6.04. The van der Waals surface area contributed by atoms with Crippen LogP contribution in [0.3, 0.4) is 0 Å². The van der Waals surface area contributed by atoms with Gasteiger partial charge in [-0.05, 0) is 47.0 Å². The van der Waals surface area contributed by atoms with Crippen LogP contribution in [0, 0.1) is 0 Å². The largest absolute Gasteiger partial charge is 0.289 e. The molecule has 0 heterocycles. The molecule has 0 saturated carbocycles. The van der Waals surface area contributed by atoms with Crippen molar-refractivity contribution in [3.05, 3.63) is 148 Å². The Hall–Kier alpha value is -4.01. The summed E-state index contributed by atoms with van der Waals surface area (Å²) in [6.07, 6.45) is 1.88. The third kappa shape index (κ3) is 3.97. The van der Waals surface area contributed by atoms with Gasteiger partial charge < -0.3 is 0 Å². The normalized spacial score (nSPS) is 13.8. The SMILES string of the molecule is O=C(C1=Cc2ccccc2/C1=C(\C(=O)c1ccccc1)c1ccccc1)c1ccc(Cl)cc1. The van der Waals surface area contributed by atoms with Crippen LogP contribution in [0.5, 0.6) is 0 Å². The molecule has 4 aromatic carbocycles. The molecular weight excluding hydrogens is 428 g/mol. The first-order valence-electron chi connectivity index (χ1n) is 10.6. The van der Waals surface area contributed by atoms with Gasteiger partial charge >= 0.3 is 0 Å². The number of hydrogen-bond acceptors (Lipinski definition) is 2. The molecule has 33 heavy (non-hydrogen) atoms. The van der Waals surface area contributed by atoms with Crippen LogP contribution in [-0.2, 0) is 0 Å². The van der Waals surface area contributed by atoms with Crippen molar-refractivity contribution in [1.82, 2.24) is 0 Å². The lowest BCUT2D eigenvalue weighted by Gasteiger charge is -2.16. The summed E-state index contributed by atoms with van der Waals surface area (Å²) in [5.41, 5.74) is 5.33. The van der Waals surface area contributed by atoms with Gasteiger partial charge in [-0.25, -0.2) is 0 Å². The van der Waals surface area contributed by atoms with Crippen molar-refractivity contribution >= 4 is 40.4 Å². The minimum atomic E-state index is -0.146. The molecule has 0 bridgehead atoms. The second kappa shape index (κ2) is 8.85. The van der Waals surface area contributed by atoms with Crippen molar-refractivity contribution < 1.29 is 9.59 Å². The average molecular weight is 447 g/mol. The monoisotopic (exact) mass is 446 g/mol. The second-order valence-electron chi connectivity index (χ2n) is 7.79. The van der Waals surface area contributed by atoms with Gasteiger partial charge in [0.2, 0.25) is 0 Å². The molecule has 0 atom stereocenters. The number of carbonyl (C=O) groups excluding carboxylic acids is 2. The molecule has 0 unspecified atom stereocenters. The lowest BCUT2D eigenvalue weighted by Crippen LogP contribution is -2.10. The summed E-state index contributed by atoms with van der Waals surface area (Å²) in [4.78, 5) is 27.6. The van der Waals surface area contributed by atoms with Gasteiger partial charge in [0.15, 0.2) is 11.6 Å². The highest BCUT2D eigenvalue weighted by atomic mass is 35.5. The van der Waals surface area contributed by atoms with Crippen molar-refractivity contribution in [2.24, 2.45) is 0 Å². The second-order valence-corrected chi connectivity index (χ2v) is 8.23. The quantitative estimate of drug-likeness (QED) is 0.236. The van der Waals surface area contributed by atoms with E-state index in [4.69, 9.17) is 11.6 Å². The Balaban J connectivity index is 1.78. The van der Waals surface area contributed by atoms with Gasteiger partial charge in [-0.1, -0.05) is 96.5 Å². The summed E-state index contributed by atoms with van der Waals surface area (Å²) in [6.45, 7) is 0. The average Bonchev–Trinajstić information content (AvgIpc) is 3.25. The fourth-order valence-electron chi connectivity index (χ4n) is 4.16. The third-order valence-electron chi connectivity index (χ3n) is 5.73. The Bertz CT molecular complexity index is 1410. The maximum atomic E-state index is 13.9. The summed E-state index contributed by atoms with van der Waals surface area (Å²) in [6, 6.07) is 33.3. The first kappa shape index (κ1) is 20.9. The Morgan fingerprint density at radius 2 is 1.15 bits per heavy atom. The van der Waals surface area contributed by atoms with Crippen LogP contribution in [0.1, 0.15) is 37.4 Å². The fraction of sp³-hybridized carbons (Fsp3) is 0. The Labute approximate surface area is 197 Å². The van der Waals surface area contributed by atoms with Crippen LogP contribution in [0.2, 0.25) is 5.02 Å². The number of ketones is 2. The molecular formula is C30H19ClO2. The predicted molar refractivity (Wildman–Crippen MR) is 134 cm³/mol. The van der Waals surface area contributed by atoms with Crippen LogP contribution in [0.15, 0.2) is 115 Å². The molecule has 0 fully saturated rings. The number of carbonyl (C=O) groups is 2. The standard InChI is InChI=1S/C30H19ClO2/c31-24-17-15-22(16-18-24)29(32)26-19-23-13-7-8-14-25(23)28(26)27(20-9-3-1-4-10-20)30(33)21-11-5-2-6-12-21/h1-19H/b28-27+. The molecule has 5 rings (SSSR count). The van der Waals surface area contributed by atoms with Crippen molar-refractivity contribution in [3.8, 4) is 0 Å². The van der Waals surface area contributed by atoms with E-state index in [-0.39, 0.29) is 11.6 Å². The van der Waals surface area contributed by atoms with Gasteiger partial charge in [0.25, 0.3) is 0 Å². The van der Waals surface area contributed by atoms with Crippen molar-refractivity contribution in [3.63, 3.8) is 0 Å². The van der Waals surface area contributed by atoms with Crippen LogP contribution in [0.25, 0.3) is 17.2 Å². The van der Waals surface area contributed by atoms with Crippen molar-refractivity contribution in [2.75, 3.05) is 0 Å². The Kier molecular flexibility index (Phi) is 5.60. The van der Waals surface area contributed by atoms with E-state index in [2.05, 4.69) is 0 Å². The smallest absolute Gasteiger partial charge is 0.194 e. The first-order valence-corrected chi connectivity index (χ1v) is 11.0. The molecule has 2 nitrogen and oxygen atoms in total. The summed E-state index contributed by atoms with van der Waals surface area (Å²) < 4.78 is 0. The lowest BCUT2D eigenvalue weighted by molar-refractivity contribution is 0.104. The number of fused-ring (bicyclic) bond motifs is 1. The van der Waals surface area contributed by atoms with Gasteiger partial charge in [-0.2, -0.15) is 0 Å². The molecule has 4 aromatic rings. The molecule has 3 heteroatoms. The zero-order valence-electron chi connectivity index (χ0n) is 17.7. The zero-order chi connectivity index (χ0) is 22.8. The topological polar surface area (TPSA) is 34.1 Å². The minimum Gasteiger partial charge on any atom is -0.289 e. The van der Waals surface area contributed by atoms with Crippen molar-refractivity contribution in [1.29, 1.82) is 0 Å². The van der Waals surface area contributed by atoms with Crippen molar-refractivity contribution in [2.45, 2.75) is 0 Å². The lowest BCUT2D eigenvalue weighted by atomic mass is 9.85. The highest BCUT2D eigenvalue weighted by molar-refractivity contribution is 6.41. The van der Waals surface area contributed by atoms with Gasteiger partial charge in [0, 0.05) is 32.9 Å². The number of hydrogen-bond donors (Lipinski definition) is 0. The fourth-order valence-corrected chi connectivity index (χ4v) is 4.28. The highest BCUT2D eigenvalue weighted by Gasteiger charge is 2.31. The maximum absolute atomic E-state index is 13.9. The molecule has 0 N–H and O–H groups in total. The van der Waals surface area contributed by atoms with Gasteiger partial charge in [-0.3, -0.25) is 9.59 Å². The molecule has 0 saturated heterocycles. The molecule has 0 aliphatic heterocycles. The maximum Gasteiger partial charge on any atom is 0.194 e. The van der Waals surface area contributed by atoms with Crippen LogP contribution >= 0.6 is 11.6 Å². The highest BCUT2D eigenvalue weighted by Crippen LogP contribution is 2.43. The van der Waals surface area contributed by atoms with Crippen LogP contribution < -0.4 is 0 Å². The van der Waals surface area contributed by atoms with E-state index in [0.717, 1.165) is 16.7 Å². The number of halogens is 1. The molecule has 0 radical (unpaired) electrons. The summed E-state index contributed by atoms with van der Waals surface area (Å²) in [5, 5.41) is 0.565. The Morgan fingerprint density at radius 1 is 0.576 bits per heavy atom. The van der Waals surface area contributed by atoms with E-state index < -0.39 is 0 Å². The number of rotatable bonds is 5. The van der Waals surface area contributed by atoms with E-state index in [1.54, 1.807) is 36.4 Å². The van der Waals surface area contributed by atoms with E-state index in [0.29, 0.717) is 32.9 Å². The number of allylic oxidation sites excluding steroid dienone is 3. The van der Waals surface area contributed by atoms with E-state index >= 15 is 0 Å². The molecule has 1 aliphatic rings. The van der Waals surface area contributed by atoms with Gasteiger partial charge in [0.05, 0.1) is 0 Å². The number of benzene rings is 4. The van der Waals surface area contributed by atoms with E-state index in [9.17, 15) is 9.59 Å². The summed E-state index contributed by atoms with van der Waals surface area (Å²) in [7, 11) is 0. The van der Waals surface area contributed by atoms with Crippen LogP contribution in [0.4, 0.5) is 0 Å². The molecule has 0 amide bonds.